The summed E-state index contributed by atoms with van der Waals surface area (Å²) < 4.78 is 32.8. The molecule has 1 saturated heterocycles. The van der Waals surface area contributed by atoms with Crippen LogP contribution in [-0.2, 0) is 21.2 Å². The molecule has 0 bridgehead atoms. The molecule has 0 unspecified atom stereocenters. The molecule has 0 aromatic heterocycles. The van der Waals surface area contributed by atoms with Gasteiger partial charge in [0.05, 0.1) is 11.5 Å². The maximum Gasteiger partial charge on any atom is 0.243 e. The van der Waals surface area contributed by atoms with Crippen molar-refractivity contribution < 1.29 is 13.2 Å². The van der Waals surface area contributed by atoms with Crippen molar-refractivity contribution >= 4 is 10.0 Å². The van der Waals surface area contributed by atoms with Gasteiger partial charge in [0.1, 0.15) is 0 Å². The van der Waals surface area contributed by atoms with Crippen molar-refractivity contribution in [1.29, 1.82) is 0 Å². The second-order valence-corrected chi connectivity index (χ2v) is 7.87. The number of hydrogen-bond acceptors (Lipinski definition) is 4. The predicted octanol–water partition coefficient (Wildman–Crippen LogP) is 2.03. The van der Waals surface area contributed by atoms with E-state index < -0.39 is 10.0 Å². The maximum atomic E-state index is 13.0. The minimum Gasteiger partial charge on any atom is -0.384 e. The maximum absolute atomic E-state index is 13.0. The molecule has 1 heterocycles. The number of benzene rings is 1. The lowest BCUT2D eigenvalue weighted by Crippen LogP contribution is -2.46. The summed E-state index contributed by atoms with van der Waals surface area (Å²) in [6.07, 6.45) is 3.38. The summed E-state index contributed by atoms with van der Waals surface area (Å²) in [4.78, 5) is 0.394. The molecule has 23 heavy (non-hydrogen) atoms. The van der Waals surface area contributed by atoms with E-state index in [1.807, 2.05) is 19.1 Å². The Morgan fingerprint density at radius 3 is 2.43 bits per heavy atom. The smallest absolute Gasteiger partial charge is 0.243 e. The van der Waals surface area contributed by atoms with Crippen LogP contribution in [0.15, 0.2) is 29.2 Å². The zero-order valence-corrected chi connectivity index (χ0v) is 14.9. The monoisotopic (exact) mass is 340 g/mol. The van der Waals surface area contributed by atoms with Crippen LogP contribution in [0.25, 0.3) is 0 Å². The van der Waals surface area contributed by atoms with E-state index in [9.17, 15) is 8.42 Å². The Balaban J connectivity index is 2.18. The Morgan fingerprint density at radius 2 is 1.87 bits per heavy atom. The number of ether oxygens (including phenoxy) is 1. The summed E-state index contributed by atoms with van der Waals surface area (Å²) in [5.41, 5.74) is 1.09. The van der Waals surface area contributed by atoms with Crippen LogP contribution in [0.3, 0.4) is 0 Å². The third kappa shape index (κ3) is 4.76. The topological polar surface area (TPSA) is 58.6 Å². The minimum absolute atomic E-state index is 0.106. The molecular formula is C17H28N2O3S. The van der Waals surface area contributed by atoms with Crippen LogP contribution in [-0.4, -0.2) is 52.1 Å². The van der Waals surface area contributed by atoms with Gasteiger partial charge < -0.3 is 10.1 Å². The Kier molecular flexibility index (Phi) is 7.02. The molecule has 0 atom stereocenters. The van der Waals surface area contributed by atoms with E-state index in [0.29, 0.717) is 18.0 Å². The molecule has 6 heteroatoms. The lowest BCUT2D eigenvalue weighted by Gasteiger charge is -2.33. The minimum atomic E-state index is -3.43. The zero-order chi connectivity index (χ0) is 16.7. The molecule has 1 aliphatic heterocycles. The highest BCUT2D eigenvalue weighted by Gasteiger charge is 2.31. The largest absolute Gasteiger partial charge is 0.384 e. The van der Waals surface area contributed by atoms with Gasteiger partial charge in [0.15, 0.2) is 0 Å². The summed E-state index contributed by atoms with van der Waals surface area (Å²) in [6, 6.07) is 7.33. The molecule has 1 fully saturated rings. The second kappa shape index (κ2) is 8.78. The van der Waals surface area contributed by atoms with E-state index in [1.54, 1.807) is 23.5 Å². The second-order valence-electron chi connectivity index (χ2n) is 5.98. The van der Waals surface area contributed by atoms with Crippen LogP contribution >= 0.6 is 0 Å². The number of piperidine rings is 1. The number of sulfonamides is 1. The lowest BCUT2D eigenvalue weighted by molar-refractivity contribution is 0.202. The number of rotatable bonds is 8. The van der Waals surface area contributed by atoms with Crippen molar-refractivity contribution in [3.8, 4) is 0 Å². The van der Waals surface area contributed by atoms with Gasteiger partial charge in [-0.1, -0.05) is 19.1 Å². The Labute approximate surface area is 140 Å². The molecular weight excluding hydrogens is 312 g/mol. The molecule has 1 aromatic rings. The molecule has 1 N–H and O–H groups in total. The fraction of sp³-hybridized carbons (Fsp3) is 0.647. The van der Waals surface area contributed by atoms with Gasteiger partial charge in [0.2, 0.25) is 10.0 Å². The fourth-order valence-electron chi connectivity index (χ4n) is 3.00. The van der Waals surface area contributed by atoms with Gasteiger partial charge >= 0.3 is 0 Å². The van der Waals surface area contributed by atoms with Crippen LogP contribution < -0.4 is 5.32 Å². The van der Waals surface area contributed by atoms with Crippen molar-refractivity contribution in [3.05, 3.63) is 29.8 Å². The van der Waals surface area contributed by atoms with Crippen molar-refractivity contribution in [2.75, 3.05) is 33.4 Å². The average molecular weight is 340 g/mol. The Hall–Kier alpha value is -0.950. The van der Waals surface area contributed by atoms with Crippen molar-refractivity contribution in [1.82, 2.24) is 9.62 Å². The molecule has 5 nitrogen and oxygen atoms in total. The Morgan fingerprint density at radius 1 is 1.22 bits per heavy atom. The van der Waals surface area contributed by atoms with Crippen molar-refractivity contribution in [2.45, 2.75) is 43.5 Å². The van der Waals surface area contributed by atoms with E-state index >= 15 is 0 Å². The first-order chi connectivity index (χ1) is 11.1. The summed E-state index contributed by atoms with van der Waals surface area (Å²) in [5, 5.41) is 3.30. The molecule has 2 rings (SSSR count). The van der Waals surface area contributed by atoms with E-state index in [0.717, 1.165) is 44.3 Å². The fourth-order valence-corrected chi connectivity index (χ4v) is 4.77. The van der Waals surface area contributed by atoms with Crippen molar-refractivity contribution in [3.63, 3.8) is 0 Å². The van der Waals surface area contributed by atoms with Crippen LogP contribution in [0.1, 0.15) is 31.7 Å². The lowest BCUT2D eigenvalue weighted by atomic mass is 10.1. The third-order valence-electron chi connectivity index (χ3n) is 4.28. The van der Waals surface area contributed by atoms with Crippen LogP contribution in [0.2, 0.25) is 0 Å². The van der Waals surface area contributed by atoms with Gasteiger partial charge in [0, 0.05) is 19.7 Å². The molecule has 130 valence electrons. The number of nitrogens with zero attached hydrogens (tertiary/aromatic N) is 1. The number of nitrogens with one attached hydrogen (secondary N) is 1. The predicted molar refractivity (Wildman–Crippen MR) is 92.1 cm³/mol. The molecule has 0 radical (unpaired) electrons. The van der Waals surface area contributed by atoms with Crippen LogP contribution in [0.5, 0.6) is 0 Å². The molecule has 0 spiro atoms. The Bertz CT molecular complexity index is 566. The molecule has 0 saturated carbocycles. The van der Waals surface area contributed by atoms with Crippen LogP contribution in [0, 0.1) is 0 Å². The highest BCUT2D eigenvalue weighted by Crippen LogP contribution is 2.23. The van der Waals surface area contributed by atoms with E-state index in [2.05, 4.69) is 5.32 Å². The first kappa shape index (κ1) is 18.4. The highest BCUT2D eigenvalue weighted by molar-refractivity contribution is 7.89. The number of methoxy groups -OCH3 is 1. The standard InChI is InChI=1S/C17H28N2O3S/c1-3-13-19(16-8-11-18-12-9-16)23(20,21)17-6-4-15(5-7-17)10-14-22-2/h4-7,16,18H,3,8-14H2,1-2H3. The summed E-state index contributed by atoms with van der Waals surface area (Å²) in [6.45, 7) is 5.02. The molecule has 1 aromatic carbocycles. The molecule has 1 aliphatic rings. The normalized spacial score (nSPS) is 16.8. The first-order valence-electron chi connectivity index (χ1n) is 8.40. The SMILES string of the molecule is CCCN(C1CCNCC1)S(=O)(=O)c1ccc(CCOC)cc1. The van der Waals surface area contributed by atoms with E-state index in [-0.39, 0.29) is 6.04 Å². The average Bonchev–Trinajstić information content (AvgIpc) is 2.59. The van der Waals surface area contributed by atoms with Gasteiger partial charge in [-0.15, -0.1) is 0 Å². The zero-order valence-electron chi connectivity index (χ0n) is 14.1. The van der Waals surface area contributed by atoms with Gasteiger partial charge in [0.25, 0.3) is 0 Å². The quantitative estimate of drug-likeness (QED) is 0.787. The summed E-state index contributed by atoms with van der Waals surface area (Å²) in [5.74, 6) is 0. The van der Waals surface area contributed by atoms with Gasteiger partial charge in [-0.2, -0.15) is 4.31 Å². The van der Waals surface area contributed by atoms with Gasteiger partial charge in [-0.25, -0.2) is 8.42 Å². The summed E-state index contributed by atoms with van der Waals surface area (Å²) in [7, 11) is -1.76. The van der Waals surface area contributed by atoms with Gasteiger partial charge in [-0.05, 0) is 56.5 Å². The third-order valence-corrected chi connectivity index (χ3v) is 6.25. The highest BCUT2D eigenvalue weighted by atomic mass is 32.2. The van der Waals surface area contributed by atoms with Crippen LogP contribution in [0.4, 0.5) is 0 Å². The molecule has 0 aliphatic carbocycles. The first-order valence-corrected chi connectivity index (χ1v) is 9.84. The summed E-state index contributed by atoms with van der Waals surface area (Å²) >= 11 is 0. The molecule has 0 amide bonds. The number of hydrogen-bond donors (Lipinski definition) is 1. The van der Waals surface area contributed by atoms with Crippen molar-refractivity contribution in [2.24, 2.45) is 0 Å². The van der Waals surface area contributed by atoms with E-state index in [1.165, 1.54) is 0 Å². The van der Waals surface area contributed by atoms with E-state index in [4.69, 9.17) is 4.74 Å². The van der Waals surface area contributed by atoms with Gasteiger partial charge in [-0.3, -0.25) is 0 Å².